The van der Waals surface area contributed by atoms with Crippen LogP contribution >= 0.6 is 23.2 Å². The van der Waals surface area contributed by atoms with Crippen molar-refractivity contribution in [3.05, 3.63) is 33.4 Å². The Labute approximate surface area is 98.4 Å². The second-order valence-electron chi connectivity index (χ2n) is 4.10. The fourth-order valence-electron chi connectivity index (χ4n) is 2.46. The van der Waals surface area contributed by atoms with Gasteiger partial charge in [-0.2, -0.15) is 0 Å². The number of hydrogen-bond acceptors (Lipinski definition) is 0. The molecule has 1 nitrogen and oxygen atoms in total. The van der Waals surface area contributed by atoms with Crippen LogP contribution in [0.1, 0.15) is 24.1 Å². The van der Waals surface area contributed by atoms with Gasteiger partial charge in [0.25, 0.3) is 0 Å². The summed E-state index contributed by atoms with van der Waals surface area (Å²) in [7, 11) is 0. The molecule has 1 aromatic heterocycles. The SMILES string of the molecule is Clc1cc(Cl)c2c3c([nH]c2c1)CCCC3. The normalized spacial score (nSPS) is 15.6. The summed E-state index contributed by atoms with van der Waals surface area (Å²) in [6.07, 6.45) is 4.80. The number of halogens is 2. The van der Waals surface area contributed by atoms with Crippen LogP contribution in [0.15, 0.2) is 12.1 Å². The number of aryl methyl sites for hydroxylation is 2. The van der Waals surface area contributed by atoms with Crippen molar-refractivity contribution in [3.8, 4) is 0 Å². The van der Waals surface area contributed by atoms with E-state index in [1.165, 1.54) is 29.5 Å². The Kier molecular flexibility index (Phi) is 2.18. The molecule has 3 heteroatoms. The molecule has 2 aromatic rings. The zero-order valence-electron chi connectivity index (χ0n) is 8.24. The minimum Gasteiger partial charge on any atom is -0.358 e. The molecule has 78 valence electrons. The van der Waals surface area contributed by atoms with E-state index in [2.05, 4.69) is 4.98 Å². The van der Waals surface area contributed by atoms with Crippen molar-refractivity contribution < 1.29 is 0 Å². The summed E-state index contributed by atoms with van der Waals surface area (Å²) in [4.78, 5) is 3.43. The quantitative estimate of drug-likeness (QED) is 0.704. The molecule has 0 amide bonds. The minimum absolute atomic E-state index is 0.700. The van der Waals surface area contributed by atoms with Crippen LogP contribution in [0.2, 0.25) is 10.0 Å². The topological polar surface area (TPSA) is 15.8 Å². The third-order valence-corrected chi connectivity index (χ3v) is 3.63. The van der Waals surface area contributed by atoms with Gasteiger partial charge in [-0.05, 0) is 43.4 Å². The van der Waals surface area contributed by atoms with E-state index in [4.69, 9.17) is 23.2 Å². The maximum Gasteiger partial charge on any atom is 0.0517 e. The molecule has 1 aromatic carbocycles. The van der Waals surface area contributed by atoms with Gasteiger partial charge in [0.1, 0.15) is 0 Å². The molecule has 15 heavy (non-hydrogen) atoms. The van der Waals surface area contributed by atoms with Crippen molar-refractivity contribution in [2.75, 3.05) is 0 Å². The van der Waals surface area contributed by atoms with Crippen LogP contribution in [-0.2, 0) is 12.8 Å². The summed E-state index contributed by atoms with van der Waals surface area (Å²) in [6, 6.07) is 3.79. The first kappa shape index (κ1) is 9.56. The Bertz CT molecular complexity index is 528. The maximum absolute atomic E-state index is 6.24. The summed E-state index contributed by atoms with van der Waals surface area (Å²) in [5, 5.41) is 2.65. The van der Waals surface area contributed by atoms with Crippen molar-refractivity contribution in [1.29, 1.82) is 0 Å². The third-order valence-electron chi connectivity index (χ3n) is 3.11. The molecule has 0 saturated carbocycles. The number of aromatic nitrogens is 1. The Morgan fingerprint density at radius 3 is 2.73 bits per heavy atom. The smallest absolute Gasteiger partial charge is 0.0517 e. The number of benzene rings is 1. The monoisotopic (exact) mass is 239 g/mol. The van der Waals surface area contributed by atoms with Gasteiger partial charge in [-0.1, -0.05) is 23.2 Å². The second kappa shape index (κ2) is 3.43. The molecule has 0 aliphatic heterocycles. The van der Waals surface area contributed by atoms with E-state index >= 15 is 0 Å². The standard InChI is InChI=1S/C12H11Cl2N/c13-7-5-9(14)12-8-3-1-2-4-10(8)15-11(12)6-7/h5-6,15H,1-4H2. The fourth-order valence-corrected chi connectivity index (χ4v) is 3.07. The molecule has 1 aliphatic carbocycles. The van der Waals surface area contributed by atoms with Crippen molar-refractivity contribution >= 4 is 34.1 Å². The molecule has 1 N–H and O–H groups in total. The van der Waals surface area contributed by atoms with E-state index < -0.39 is 0 Å². The van der Waals surface area contributed by atoms with Crippen LogP contribution in [0.3, 0.4) is 0 Å². The molecule has 0 fully saturated rings. The van der Waals surface area contributed by atoms with E-state index in [9.17, 15) is 0 Å². The number of H-pyrrole nitrogens is 1. The molecule has 1 aliphatic rings. The van der Waals surface area contributed by atoms with Gasteiger partial charge in [0, 0.05) is 21.6 Å². The second-order valence-corrected chi connectivity index (χ2v) is 4.94. The molecule has 0 unspecified atom stereocenters. The molecular formula is C12H11Cl2N. The third kappa shape index (κ3) is 1.45. The predicted octanol–water partition coefficient (Wildman–Crippen LogP) is 4.35. The first-order valence-corrected chi connectivity index (χ1v) is 6.00. The zero-order chi connectivity index (χ0) is 10.4. The van der Waals surface area contributed by atoms with Gasteiger partial charge >= 0.3 is 0 Å². The van der Waals surface area contributed by atoms with E-state index in [1.807, 2.05) is 12.1 Å². The summed E-state index contributed by atoms with van der Waals surface area (Å²) in [6.45, 7) is 0. The van der Waals surface area contributed by atoms with E-state index in [-0.39, 0.29) is 0 Å². The number of rotatable bonds is 0. The van der Waals surface area contributed by atoms with Gasteiger partial charge in [0.15, 0.2) is 0 Å². The Hall–Kier alpha value is -0.660. The number of aromatic amines is 1. The van der Waals surface area contributed by atoms with Crippen LogP contribution < -0.4 is 0 Å². The molecule has 3 rings (SSSR count). The van der Waals surface area contributed by atoms with Crippen LogP contribution in [0.25, 0.3) is 10.9 Å². The van der Waals surface area contributed by atoms with Crippen molar-refractivity contribution in [1.82, 2.24) is 4.98 Å². The molecule has 0 radical (unpaired) electrons. The van der Waals surface area contributed by atoms with Gasteiger partial charge in [0.05, 0.1) is 5.02 Å². The van der Waals surface area contributed by atoms with Gasteiger partial charge in [-0.15, -0.1) is 0 Å². The van der Waals surface area contributed by atoms with Crippen molar-refractivity contribution in [2.45, 2.75) is 25.7 Å². The lowest BCUT2D eigenvalue weighted by Gasteiger charge is -2.10. The average molecular weight is 240 g/mol. The van der Waals surface area contributed by atoms with Crippen LogP contribution in [0.4, 0.5) is 0 Å². The number of nitrogens with one attached hydrogen (secondary N) is 1. The van der Waals surface area contributed by atoms with Crippen LogP contribution in [-0.4, -0.2) is 4.98 Å². The highest BCUT2D eigenvalue weighted by atomic mass is 35.5. The number of hydrogen-bond donors (Lipinski definition) is 1. The van der Waals surface area contributed by atoms with E-state index in [0.717, 1.165) is 23.4 Å². The Morgan fingerprint density at radius 1 is 1.07 bits per heavy atom. The van der Waals surface area contributed by atoms with Gasteiger partial charge in [0.2, 0.25) is 0 Å². The van der Waals surface area contributed by atoms with Crippen molar-refractivity contribution in [2.24, 2.45) is 0 Å². The van der Waals surface area contributed by atoms with Crippen molar-refractivity contribution in [3.63, 3.8) is 0 Å². The maximum atomic E-state index is 6.24. The molecule has 1 heterocycles. The summed E-state index contributed by atoms with van der Waals surface area (Å²) in [5.74, 6) is 0. The predicted molar refractivity (Wildman–Crippen MR) is 65.0 cm³/mol. The Balaban J connectivity index is 2.37. The first-order valence-electron chi connectivity index (χ1n) is 5.24. The van der Waals surface area contributed by atoms with Gasteiger partial charge in [-0.25, -0.2) is 0 Å². The lowest BCUT2D eigenvalue weighted by atomic mass is 9.96. The fraction of sp³-hybridized carbons (Fsp3) is 0.333. The molecular weight excluding hydrogens is 229 g/mol. The minimum atomic E-state index is 0.700. The molecule has 0 bridgehead atoms. The first-order chi connectivity index (χ1) is 7.25. The molecule has 0 spiro atoms. The number of fused-ring (bicyclic) bond motifs is 3. The van der Waals surface area contributed by atoms with E-state index in [1.54, 1.807) is 0 Å². The largest absolute Gasteiger partial charge is 0.358 e. The lowest BCUT2D eigenvalue weighted by molar-refractivity contribution is 0.680. The summed E-state index contributed by atoms with van der Waals surface area (Å²) < 4.78 is 0. The molecule has 0 saturated heterocycles. The Morgan fingerprint density at radius 2 is 1.87 bits per heavy atom. The highest BCUT2D eigenvalue weighted by Crippen LogP contribution is 2.35. The van der Waals surface area contributed by atoms with Crippen LogP contribution in [0.5, 0.6) is 0 Å². The average Bonchev–Trinajstić information content (AvgIpc) is 2.54. The highest BCUT2D eigenvalue weighted by Gasteiger charge is 2.17. The lowest BCUT2D eigenvalue weighted by Crippen LogP contribution is -2.00. The van der Waals surface area contributed by atoms with E-state index in [0.29, 0.717) is 5.02 Å². The van der Waals surface area contributed by atoms with Gasteiger partial charge < -0.3 is 4.98 Å². The zero-order valence-corrected chi connectivity index (χ0v) is 9.75. The summed E-state index contributed by atoms with van der Waals surface area (Å²) in [5.41, 5.74) is 3.83. The highest BCUT2D eigenvalue weighted by molar-refractivity contribution is 6.38. The summed E-state index contributed by atoms with van der Waals surface area (Å²) >= 11 is 12.2. The van der Waals surface area contributed by atoms with Gasteiger partial charge in [-0.3, -0.25) is 0 Å². The van der Waals surface area contributed by atoms with Crippen LogP contribution in [0, 0.1) is 0 Å². The molecule has 0 atom stereocenters.